The van der Waals surface area contributed by atoms with E-state index in [1.807, 2.05) is 11.8 Å². The number of nitrogens with zero attached hydrogens (tertiary/aromatic N) is 3. The molecule has 0 amide bonds. The van der Waals surface area contributed by atoms with E-state index in [2.05, 4.69) is 64.6 Å². The molecule has 1 saturated heterocycles. The minimum Gasteiger partial charge on any atom is -0.357 e. The van der Waals surface area contributed by atoms with E-state index in [-0.39, 0.29) is 0 Å². The van der Waals surface area contributed by atoms with Crippen molar-refractivity contribution in [2.75, 3.05) is 58.9 Å². The summed E-state index contributed by atoms with van der Waals surface area (Å²) in [4.78, 5) is 11.4. The molecule has 0 radical (unpaired) electrons. The molecule has 162 valence electrons. The Morgan fingerprint density at radius 3 is 2.38 bits per heavy atom. The molecule has 1 aromatic rings. The molecule has 0 atom stereocenters. The fourth-order valence-corrected chi connectivity index (χ4v) is 4.96. The highest BCUT2D eigenvalue weighted by atomic mass is 32.2. The average molecular weight is 418 g/mol. The van der Waals surface area contributed by atoms with Gasteiger partial charge in [-0.25, -0.2) is 0 Å². The smallest absolute Gasteiger partial charge is 0.191 e. The zero-order valence-electron chi connectivity index (χ0n) is 18.3. The van der Waals surface area contributed by atoms with Crippen molar-refractivity contribution >= 4 is 17.7 Å². The number of thioether (sulfide) groups is 1. The van der Waals surface area contributed by atoms with Crippen LogP contribution >= 0.6 is 11.8 Å². The Balaban J connectivity index is 1.34. The minimum absolute atomic E-state index is 0.310. The number of likely N-dealkylation sites (N-methyl/N-ethyl adjacent to an activating group) is 1. The maximum atomic E-state index is 4.91. The van der Waals surface area contributed by atoms with Crippen LogP contribution in [0.2, 0.25) is 0 Å². The third kappa shape index (κ3) is 7.83. The van der Waals surface area contributed by atoms with Gasteiger partial charge in [-0.15, -0.1) is 11.8 Å². The summed E-state index contributed by atoms with van der Waals surface area (Å²) in [5.41, 5.74) is 0. The highest BCUT2D eigenvalue weighted by molar-refractivity contribution is 8.01. The Hall–Kier alpha value is -1.24. The molecule has 1 aliphatic carbocycles. The highest BCUT2D eigenvalue weighted by Gasteiger charge is 2.43. The standard InChI is InChI=1S/C23H39N5S/c1-3-24-22(25-14-8-9-15-28-18-16-27(4-2)17-19-28)26-20-23(12-13-23)29-21-10-6-5-7-11-21/h5-7,10-11H,3-4,8-9,12-20H2,1-2H3,(H2,24,25,26). The molecule has 1 aliphatic heterocycles. The van der Waals surface area contributed by atoms with Crippen LogP contribution in [0.1, 0.15) is 39.5 Å². The SMILES string of the molecule is CCNC(=NCC1(Sc2ccccc2)CC1)NCCCCN1CCN(CC)CC1. The average Bonchev–Trinajstić information content (AvgIpc) is 3.52. The van der Waals surface area contributed by atoms with Gasteiger partial charge in [0.05, 0.1) is 6.54 Å². The molecule has 6 heteroatoms. The van der Waals surface area contributed by atoms with Crippen LogP contribution in [0.5, 0.6) is 0 Å². The monoisotopic (exact) mass is 417 g/mol. The number of hydrogen-bond donors (Lipinski definition) is 2. The van der Waals surface area contributed by atoms with E-state index in [9.17, 15) is 0 Å². The molecule has 0 bridgehead atoms. The summed E-state index contributed by atoms with van der Waals surface area (Å²) in [6, 6.07) is 10.7. The number of benzene rings is 1. The van der Waals surface area contributed by atoms with E-state index in [1.54, 1.807) is 0 Å². The molecule has 1 saturated carbocycles. The number of piperazine rings is 1. The van der Waals surface area contributed by atoms with Gasteiger partial charge in [-0.2, -0.15) is 0 Å². The van der Waals surface area contributed by atoms with Crippen LogP contribution in [0, 0.1) is 0 Å². The van der Waals surface area contributed by atoms with Crippen LogP contribution in [0.3, 0.4) is 0 Å². The minimum atomic E-state index is 0.310. The first-order valence-electron chi connectivity index (χ1n) is 11.4. The molecule has 1 heterocycles. The maximum absolute atomic E-state index is 4.91. The van der Waals surface area contributed by atoms with Crippen molar-refractivity contribution < 1.29 is 0 Å². The van der Waals surface area contributed by atoms with Crippen molar-refractivity contribution in [3.8, 4) is 0 Å². The number of nitrogens with one attached hydrogen (secondary N) is 2. The van der Waals surface area contributed by atoms with Gasteiger partial charge in [0.2, 0.25) is 0 Å². The quantitative estimate of drug-likeness (QED) is 0.329. The molecule has 0 aromatic heterocycles. The Morgan fingerprint density at radius 1 is 1.00 bits per heavy atom. The van der Waals surface area contributed by atoms with E-state index in [0.717, 1.165) is 25.6 Å². The number of rotatable bonds is 11. The second-order valence-electron chi connectivity index (χ2n) is 8.20. The summed E-state index contributed by atoms with van der Waals surface area (Å²) in [5, 5.41) is 6.95. The predicted octanol–water partition coefficient (Wildman–Crippen LogP) is 3.28. The van der Waals surface area contributed by atoms with Crippen molar-refractivity contribution in [1.29, 1.82) is 0 Å². The molecule has 3 rings (SSSR count). The summed E-state index contributed by atoms with van der Waals surface area (Å²) in [7, 11) is 0. The lowest BCUT2D eigenvalue weighted by atomic mass is 10.2. The molecule has 29 heavy (non-hydrogen) atoms. The summed E-state index contributed by atoms with van der Waals surface area (Å²) in [6.07, 6.45) is 4.98. The molecule has 5 nitrogen and oxygen atoms in total. The zero-order valence-corrected chi connectivity index (χ0v) is 19.1. The van der Waals surface area contributed by atoms with E-state index < -0.39 is 0 Å². The van der Waals surface area contributed by atoms with Gasteiger partial charge < -0.3 is 20.4 Å². The fourth-order valence-electron chi connectivity index (χ4n) is 3.73. The third-order valence-electron chi connectivity index (χ3n) is 5.86. The van der Waals surface area contributed by atoms with Gasteiger partial charge in [0.1, 0.15) is 0 Å². The Bertz CT molecular complexity index is 609. The van der Waals surface area contributed by atoms with Crippen molar-refractivity contribution in [1.82, 2.24) is 20.4 Å². The molecule has 2 fully saturated rings. The molecule has 2 aliphatic rings. The van der Waals surface area contributed by atoms with Crippen LogP contribution in [0.25, 0.3) is 0 Å². The van der Waals surface area contributed by atoms with Gasteiger partial charge in [0.25, 0.3) is 0 Å². The Morgan fingerprint density at radius 2 is 1.72 bits per heavy atom. The predicted molar refractivity (Wildman–Crippen MR) is 126 cm³/mol. The van der Waals surface area contributed by atoms with E-state index >= 15 is 0 Å². The van der Waals surface area contributed by atoms with Gasteiger partial charge in [-0.05, 0) is 57.8 Å². The normalized spacial score (nSPS) is 19.9. The Labute approximate surface area is 181 Å². The van der Waals surface area contributed by atoms with Crippen molar-refractivity contribution in [2.45, 2.75) is 49.2 Å². The van der Waals surface area contributed by atoms with Gasteiger partial charge in [0.15, 0.2) is 5.96 Å². The number of hydrogen-bond acceptors (Lipinski definition) is 4. The van der Waals surface area contributed by atoms with E-state index in [1.165, 1.54) is 69.8 Å². The maximum Gasteiger partial charge on any atom is 0.191 e. The molecule has 1 aromatic carbocycles. The first-order valence-corrected chi connectivity index (χ1v) is 12.3. The van der Waals surface area contributed by atoms with Crippen molar-refractivity contribution in [3.05, 3.63) is 30.3 Å². The summed E-state index contributed by atoms with van der Waals surface area (Å²) >= 11 is 1.99. The third-order valence-corrected chi connectivity index (χ3v) is 7.34. The van der Waals surface area contributed by atoms with Gasteiger partial charge in [-0.3, -0.25) is 4.99 Å². The summed E-state index contributed by atoms with van der Waals surface area (Å²) in [6.45, 7) is 14.5. The first-order chi connectivity index (χ1) is 14.2. The van der Waals surface area contributed by atoms with E-state index in [0.29, 0.717) is 4.75 Å². The van der Waals surface area contributed by atoms with Gasteiger partial charge in [-0.1, -0.05) is 25.1 Å². The van der Waals surface area contributed by atoms with Crippen LogP contribution in [0.15, 0.2) is 40.2 Å². The summed E-state index contributed by atoms with van der Waals surface area (Å²) in [5.74, 6) is 0.976. The lowest BCUT2D eigenvalue weighted by Gasteiger charge is -2.34. The van der Waals surface area contributed by atoms with Crippen molar-refractivity contribution in [2.24, 2.45) is 4.99 Å². The second kappa shape index (κ2) is 11.8. The zero-order chi connectivity index (χ0) is 20.4. The summed E-state index contributed by atoms with van der Waals surface area (Å²) < 4.78 is 0.310. The van der Waals surface area contributed by atoms with Gasteiger partial charge >= 0.3 is 0 Å². The van der Waals surface area contributed by atoms with Crippen LogP contribution < -0.4 is 10.6 Å². The molecule has 0 spiro atoms. The second-order valence-corrected chi connectivity index (χ2v) is 9.74. The molecule has 0 unspecified atom stereocenters. The molecular formula is C23H39N5S. The molecule has 2 N–H and O–H groups in total. The van der Waals surface area contributed by atoms with E-state index in [4.69, 9.17) is 4.99 Å². The largest absolute Gasteiger partial charge is 0.357 e. The topological polar surface area (TPSA) is 42.9 Å². The van der Waals surface area contributed by atoms with Crippen LogP contribution in [-0.2, 0) is 0 Å². The lowest BCUT2D eigenvalue weighted by molar-refractivity contribution is 0.136. The highest BCUT2D eigenvalue weighted by Crippen LogP contribution is 2.51. The lowest BCUT2D eigenvalue weighted by Crippen LogP contribution is -2.46. The Kier molecular flexibility index (Phi) is 9.15. The fraction of sp³-hybridized carbons (Fsp3) is 0.696. The van der Waals surface area contributed by atoms with Crippen LogP contribution in [0.4, 0.5) is 0 Å². The number of unbranched alkanes of at least 4 members (excludes halogenated alkanes) is 1. The van der Waals surface area contributed by atoms with Crippen LogP contribution in [-0.4, -0.2) is 79.4 Å². The van der Waals surface area contributed by atoms with Gasteiger partial charge in [0, 0.05) is 48.9 Å². The number of aliphatic imine (C=N–C) groups is 1. The number of guanidine groups is 1. The van der Waals surface area contributed by atoms with Crippen molar-refractivity contribution in [3.63, 3.8) is 0 Å². The first kappa shape index (κ1) is 22.4. The molecular weight excluding hydrogens is 378 g/mol.